The fourth-order valence-electron chi connectivity index (χ4n) is 4.65. The molecule has 0 saturated heterocycles. The van der Waals surface area contributed by atoms with E-state index in [9.17, 15) is 0 Å². The molecule has 0 amide bonds. The zero-order chi connectivity index (χ0) is 18.8. The summed E-state index contributed by atoms with van der Waals surface area (Å²) in [6.07, 6.45) is 3.46. The Hall–Kier alpha value is -3.40. The highest BCUT2D eigenvalue weighted by molar-refractivity contribution is 5.44. The molecule has 0 aliphatic heterocycles. The third-order valence-electron chi connectivity index (χ3n) is 5.79. The molecule has 0 unspecified atom stereocenters. The average Bonchev–Trinajstić information content (AvgIpc) is 2.76. The van der Waals surface area contributed by atoms with Crippen molar-refractivity contribution in [2.24, 2.45) is 0 Å². The lowest BCUT2D eigenvalue weighted by Crippen LogP contribution is -2.41. The van der Waals surface area contributed by atoms with E-state index in [0.29, 0.717) is 11.8 Å². The molecule has 4 atom stereocenters. The Balaban J connectivity index is 1.67. The average molecular weight is 364 g/mol. The fourth-order valence-corrected chi connectivity index (χ4v) is 4.65. The Labute approximate surface area is 164 Å². The second-order valence-corrected chi connectivity index (χ2v) is 7.22. The van der Waals surface area contributed by atoms with Gasteiger partial charge in [-0.3, -0.25) is 0 Å². The van der Waals surface area contributed by atoms with Crippen molar-refractivity contribution < 1.29 is 0 Å². The number of benzene rings is 2. The molecule has 4 nitrogen and oxygen atoms in total. The Kier molecular flexibility index (Phi) is 4.37. The molecule has 1 fully saturated rings. The lowest BCUT2D eigenvalue weighted by atomic mass is 9.50. The van der Waals surface area contributed by atoms with E-state index in [2.05, 4.69) is 93.2 Å². The van der Waals surface area contributed by atoms with Gasteiger partial charge in [-0.2, -0.15) is 20.4 Å². The van der Waals surface area contributed by atoms with Gasteiger partial charge < -0.3 is 0 Å². The predicted octanol–water partition coefficient (Wildman–Crippen LogP) is 4.72. The Bertz CT molecular complexity index is 841. The van der Waals surface area contributed by atoms with Crippen LogP contribution in [0.1, 0.15) is 46.2 Å². The van der Waals surface area contributed by atoms with E-state index in [4.69, 9.17) is 0 Å². The molecule has 1 aliphatic carbocycles. The van der Waals surface area contributed by atoms with Crippen LogP contribution in [0.5, 0.6) is 0 Å². The third kappa shape index (κ3) is 2.87. The van der Waals surface area contributed by atoms with Crippen molar-refractivity contribution in [2.75, 3.05) is 0 Å². The number of rotatable bonds is 4. The van der Waals surface area contributed by atoms with E-state index < -0.39 is 0 Å². The summed E-state index contributed by atoms with van der Waals surface area (Å²) in [6, 6.07) is 29.6. The monoisotopic (exact) mass is 364 g/mol. The molecular formula is C24H20N4. The summed E-state index contributed by atoms with van der Waals surface area (Å²) < 4.78 is 0. The number of hydrogen-bond acceptors (Lipinski definition) is 4. The lowest BCUT2D eigenvalue weighted by Gasteiger charge is -2.52. The standard InChI is InChI=1S/C24H20N4/c1-3-9-17(10-4-1)21-22(18-11-5-2-6-12-18)24(20-14-8-16-26-28-20)23(21)19-13-7-15-25-27-19/h1-16,21-24H/t21-,22+,23+,24-. The van der Waals surface area contributed by atoms with Gasteiger partial charge in [0.05, 0.1) is 11.4 Å². The van der Waals surface area contributed by atoms with Crippen molar-refractivity contribution >= 4 is 0 Å². The molecule has 4 heteroatoms. The summed E-state index contributed by atoms with van der Waals surface area (Å²) in [5.41, 5.74) is 4.68. The Morgan fingerprint density at radius 3 is 1.21 bits per heavy atom. The van der Waals surface area contributed by atoms with Crippen LogP contribution in [0.3, 0.4) is 0 Å². The maximum absolute atomic E-state index is 4.48. The van der Waals surface area contributed by atoms with Crippen molar-refractivity contribution in [2.45, 2.75) is 23.7 Å². The zero-order valence-corrected chi connectivity index (χ0v) is 15.3. The van der Waals surface area contributed by atoms with Gasteiger partial charge in [0, 0.05) is 36.1 Å². The van der Waals surface area contributed by atoms with Crippen LogP contribution in [0.15, 0.2) is 97.3 Å². The van der Waals surface area contributed by atoms with E-state index in [1.54, 1.807) is 12.4 Å². The Morgan fingerprint density at radius 1 is 0.429 bits per heavy atom. The third-order valence-corrected chi connectivity index (χ3v) is 5.79. The van der Waals surface area contributed by atoms with Crippen molar-refractivity contribution in [1.29, 1.82) is 0 Å². The summed E-state index contributed by atoms with van der Waals surface area (Å²) in [5, 5.41) is 17.3. The minimum atomic E-state index is 0.206. The van der Waals surface area contributed by atoms with Gasteiger partial charge in [-0.1, -0.05) is 60.7 Å². The lowest BCUT2D eigenvalue weighted by molar-refractivity contribution is 0.217. The van der Waals surface area contributed by atoms with Crippen LogP contribution in [0.25, 0.3) is 0 Å². The van der Waals surface area contributed by atoms with E-state index in [1.165, 1.54) is 11.1 Å². The quantitative estimate of drug-likeness (QED) is 0.526. The molecule has 5 rings (SSSR count). The number of hydrogen-bond donors (Lipinski definition) is 0. The van der Waals surface area contributed by atoms with Gasteiger partial charge in [0.1, 0.15) is 0 Å². The summed E-state index contributed by atoms with van der Waals surface area (Å²) >= 11 is 0. The maximum atomic E-state index is 4.48. The molecule has 0 spiro atoms. The molecule has 0 radical (unpaired) electrons. The zero-order valence-electron chi connectivity index (χ0n) is 15.3. The minimum absolute atomic E-state index is 0.206. The molecule has 28 heavy (non-hydrogen) atoms. The van der Waals surface area contributed by atoms with Gasteiger partial charge in [-0.15, -0.1) is 0 Å². The van der Waals surface area contributed by atoms with E-state index in [-0.39, 0.29) is 11.8 Å². The normalized spacial score (nSPS) is 23.7. The molecule has 2 aromatic carbocycles. The second-order valence-electron chi connectivity index (χ2n) is 7.22. The molecule has 1 aliphatic rings. The van der Waals surface area contributed by atoms with Gasteiger partial charge in [-0.25, -0.2) is 0 Å². The highest BCUT2D eigenvalue weighted by Crippen LogP contribution is 2.65. The number of aromatic nitrogens is 4. The Morgan fingerprint density at radius 2 is 0.857 bits per heavy atom. The predicted molar refractivity (Wildman–Crippen MR) is 108 cm³/mol. The van der Waals surface area contributed by atoms with Crippen molar-refractivity contribution in [1.82, 2.24) is 20.4 Å². The summed E-state index contributed by atoms with van der Waals surface area (Å²) in [6.45, 7) is 0. The first kappa shape index (κ1) is 16.8. The van der Waals surface area contributed by atoms with Gasteiger partial charge in [0.25, 0.3) is 0 Å². The van der Waals surface area contributed by atoms with Crippen molar-refractivity contribution in [3.8, 4) is 0 Å². The molecule has 0 bridgehead atoms. The first-order valence-electron chi connectivity index (χ1n) is 9.58. The highest BCUT2D eigenvalue weighted by atomic mass is 15.1. The van der Waals surface area contributed by atoms with Crippen LogP contribution in [0, 0.1) is 0 Å². The maximum Gasteiger partial charge on any atom is 0.0675 e. The van der Waals surface area contributed by atoms with Crippen LogP contribution < -0.4 is 0 Å². The molecule has 1 saturated carbocycles. The van der Waals surface area contributed by atoms with Gasteiger partial charge in [-0.05, 0) is 35.4 Å². The smallest absolute Gasteiger partial charge is 0.0675 e. The molecule has 136 valence electrons. The largest absolute Gasteiger partial charge is 0.159 e. The van der Waals surface area contributed by atoms with E-state index >= 15 is 0 Å². The minimum Gasteiger partial charge on any atom is -0.159 e. The van der Waals surface area contributed by atoms with E-state index in [1.807, 2.05) is 12.1 Å². The van der Waals surface area contributed by atoms with Crippen LogP contribution in [0.4, 0.5) is 0 Å². The molecular weight excluding hydrogens is 344 g/mol. The summed E-state index contributed by atoms with van der Waals surface area (Å²) in [4.78, 5) is 0. The van der Waals surface area contributed by atoms with Crippen LogP contribution in [0.2, 0.25) is 0 Å². The fraction of sp³-hybridized carbons (Fsp3) is 0.167. The topological polar surface area (TPSA) is 51.6 Å². The first-order chi connectivity index (χ1) is 13.9. The number of nitrogens with zero attached hydrogens (tertiary/aromatic N) is 4. The molecule has 2 aromatic heterocycles. The van der Waals surface area contributed by atoms with E-state index in [0.717, 1.165) is 11.4 Å². The first-order valence-corrected chi connectivity index (χ1v) is 9.58. The van der Waals surface area contributed by atoms with Crippen LogP contribution >= 0.6 is 0 Å². The van der Waals surface area contributed by atoms with Gasteiger partial charge in [0.15, 0.2) is 0 Å². The van der Waals surface area contributed by atoms with Crippen LogP contribution in [-0.4, -0.2) is 20.4 Å². The van der Waals surface area contributed by atoms with Crippen LogP contribution in [-0.2, 0) is 0 Å². The summed E-state index contributed by atoms with van der Waals surface area (Å²) in [7, 11) is 0. The summed E-state index contributed by atoms with van der Waals surface area (Å²) in [5.74, 6) is 1.04. The van der Waals surface area contributed by atoms with Crippen molar-refractivity contribution in [3.05, 3.63) is 120 Å². The highest BCUT2D eigenvalue weighted by Gasteiger charge is 2.54. The van der Waals surface area contributed by atoms with Crippen molar-refractivity contribution in [3.63, 3.8) is 0 Å². The molecule has 0 N–H and O–H groups in total. The van der Waals surface area contributed by atoms with Gasteiger partial charge in [0.2, 0.25) is 0 Å². The molecule has 2 heterocycles. The SMILES string of the molecule is c1ccc([C@@H]2[C@H](c3ccccc3)[C@@H](c3cccnn3)[C@H]2c2cccnn2)cc1. The van der Waals surface area contributed by atoms with Gasteiger partial charge >= 0.3 is 0 Å². The molecule has 4 aromatic rings. The second kappa shape index (κ2) is 7.31.